The fraction of sp³-hybridized carbons (Fsp3) is 0.407. The highest BCUT2D eigenvalue weighted by atomic mass is 31.2. The largest absolute Gasteiger partial charge is 0.414 e. The van der Waals surface area contributed by atoms with Crippen molar-refractivity contribution in [2.24, 2.45) is 0 Å². The zero-order valence-corrected chi connectivity index (χ0v) is 21.2. The highest BCUT2D eigenvalue weighted by Gasteiger charge is 2.34. The average Bonchev–Trinajstić information content (AvgIpc) is 2.83. The van der Waals surface area contributed by atoms with Crippen LogP contribution in [0.2, 0.25) is 18.1 Å². The molecule has 4 heteroatoms. The summed E-state index contributed by atoms with van der Waals surface area (Å²) in [5, 5.41) is 1.84. The average molecular weight is 453 g/mol. The van der Waals surface area contributed by atoms with Crippen LogP contribution < -0.4 is 10.6 Å². The predicted molar refractivity (Wildman–Crippen MR) is 138 cm³/mol. The maximum absolute atomic E-state index is 14.3. The Morgan fingerprint density at radius 2 is 1.48 bits per heavy atom. The van der Waals surface area contributed by atoms with Crippen molar-refractivity contribution in [1.82, 2.24) is 0 Å². The van der Waals surface area contributed by atoms with Crippen molar-refractivity contribution in [3.05, 3.63) is 84.5 Å². The fourth-order valence-electron chi connectivity index (χ4n) is 4.61. The van der Waals surface area contributed by atoms with Crippen LogP contribution in [0.1, 0.15) is 40.0 Å². The quantitative estimate of drug-likeness (QED) is 0.301. The third-order valence-corrected chi connectivity index (χ3v) is 14.6. The normalized spacial score (nSPS) is 19.0. The molecule has 1 aliphatic rings. The van der Waals surface area contributed by atoms with Crippen LogP contribution in [0.4, 0.5) is 0 Å². The van der Waals surface area contributed by atoms with E-state index in [0.717, 1.165) is 29.9 Å². The molecule has 166 valence electrons. The lowest BCUT2D eigenvalue weighted by Crippen LogP contribution is -2.40. The summed E-state index contributed by atoms with van der Waals surface area (Å²) < 4.78 is 21.1. The second-order valence-electron chi connectivity index (χ2n) is 8.65. The van der Waals surface area contributed by atoms with E-state index < -0.39 is 15.5 Å². The minimum atomic E-state index is -2.74. The third kappa shape index (κ3) is 5.58. The first kappa shape index (κ1) is 24.0. The monoisotopic (exact) mass is 452 g/mol. The zero-order chi connectivity index (χ0) is 22.3. The molecule has 1 saturated carbocycles. The topological polar surface area (TPSA) is 26.3 Å². The Bertz CT molecular complexity index is 880. The van der Waals surface area contributed by atoms with Crippen LogP contribution in [0.25, 0.3) is 0 Å². The number of hydrogen-bond donors (Lipinski definition) is 0. The van der Waals surface area contributed by atoms with E-state index in [1.54, 1.807) is 0 Å². The molecule has 0 unspecified atom stereocenters. The molecule has 2 aromatic rings. The first-order valence-corrected chi connectivity index (χ1v) is 16.1. The summed E-state index contributed by atoms with van der Waals surface area (Å²) in [5.74, 6) is 0. The molecule has 0 amide bonds. The highest BCUT2D eigenvalue weighted by molar-refractivity contribution is 7.78. The van der Waals surface area contributed by atoms with Gasteiger partial charge in [0.15, 0.2) is 8.32 Å². The van der Waals surface area contributed by atoms with Gasteiger partial charge in [0.2, 0.25) is 0 Å². The van der Waals surface area contributed by atoms with Gasteiger partial charge in [0, 0.05) is 22.9 Å². The predicted octanol–water partition coefficient (Wildman–Crippen LogP) is 7.06. The third-order valence-electron chi connectivity index (χ3n) is 6.96. The molecule has 0 bridgehead atoms. The van der Waals surface area contributed by atoms with Gasteiger partial charge >= 0.3 is 0 Å². The number of rotatable bonds is 9. The molecule has 31 heavy (non-hydrogen) atoms. The second kappa shape index (κ2) is 10.8. The summed E-state index contributed by atoms with van der Waals surface area (Å²) in [6.07, 6.45) is 5.93. The summed E-state index contributed by atoms with van der Waals surface area (Å²) in [4.78, 5) is 0. The Hall–Kier alpha value is -1.67. The van der Waals surface area contributed by atoms with Crippen LogP contribution >= 0.6 is 7.14 Å². The maximum Gasteiger partial charge on any atom is 0.192 e. The molecule has 0 heterocycles. The maximum atomic E-state index is 14.3. The number of benzene rings is 2. The van der Waals surface area contributed by atoms with Crippen molar-refractivity contribution < 1.29 is 8.99 Å². The summed E-state index contributed by atoms with van der Waals surface area (Å²) in [6.45, 7) is 11.2. The molecule has 0 aromatic heterocycles. The summed E-state index contributed by atoms with van der Waals surface area (Å²) in [6, 6.07) is 23.4. The molecule has 0 aliphatic heterocycles. The van der Waals surface area contributed by atoms with Gasteiger partial charge < -0.3 is 8.99 Å². The Labute approximate surface area is 189 Å². The molecule has 0 N–H and O–H groups in total. The van der Waals surface area contributed by atoms with Crippen molar-refractivity contribution in [2.45, 2.75) is 64.3 Å². The van der Waals surface area contributed by atoms with E-state index in [1.807, 2.05) is 60.7 Å². The van der Waals surface area contributed by atoms with Crippen molar-refractivity contribution >= 4 is 26.1 Å². The van der Waals surface area contributed by atoms with Gasteiger partial charge in [0.25, 0.3) is 0 Å². The smallest absolute Gasteiger partial charge is 0.192 e. The van der Waals surface area contributed by atoms with E-state index in [0.29, 0.717) is 6.16 Å². The molecule has 2 aromatic carbocycles. The van der Waals surface area contributed by atoms with E-state index in [2.05, 4.69) is 33.4 Å². The SMILES string of the molecule is C=C1CC[C@H](O[Si](CC)(CC)CC)C/C1=C/CP(=O)(c1ccccc1)c1ccccc1. The van der Waals surface area contributed by atoms with Crippen molar-refractivity contribution in [1.29, 1.82) is 0 Å². The highest BCUT2D eigenvalue weighted by Crippen LogP contribution is 2.44. The molecular weight excluding hydrogens is 415 g/mol. The van der Waals surface area contributed by atoms with E-state index in [1.165, 1.54) is 29.3 Å². The van der Waals surface area contributed by atoms with Crippen LogP contribution in [0.15, 0.2) is 84.5 Å². The number of allylic oxidation sites excluding steroid dienone is 2. The van der Waals surface area contributed by atoms with E-state index in [9.17, 15) is 4.57 Å². The van der Waals surface area contributed by atoms with Crippen LogP contribution in [0.5, 0.6) is 0 Å². The van der Waals surface area contributed by atoms with Crippen molar-refractivity contribution in [2.75, 3.05) is 6.16 Å². The van der Waals surface area contributed by atoms with E-state index in [4.69, 9.17) is 4.43 Å². The van der Waals surface area contributed by atoms with Gasteiger partial charge in [-0.25, -0.2) is 0 Å². The summed E-state index contributed by atoms with van der Waals surface area (Å²) >= 11 is 0. The Kier molecular flexibility index (Phi) is 8.33. The molecule has 2 nitrogen and oxygen atoms in total. The van der Waals surface area contributed by atoms with Gasteiger partial charge in [0.05, 0.1) is 0 Å². The van der Waals surface area contributed by atoms with E-state index in [-0.39, 0.29) is 6.10 Å². The first-order chi connectivity index (χ1) is 15.0. The standard InChI is InChI=1S/C27H37O2PSi/c1-5-31(6-2,7-3)29-25-19-18-23(4)24(22-25)20-21-30(28,26-14-10-8-11-15-26)27-16-12-9-13-17-27/h8-17,20,25H,4-7,18-19,21-22H2,1-3H3/b24-20-/t25-/m0/s1. The lowest BCUT2D eigenvalue weighted by atomic mass is 9.89. The number of hydrogen-bond acceptors (Lipinski definition) is 2. The molecule has 3 rings (SSSR count). The van der Waals surface area contributed by atoms with Gasteiger partial charge in [-0.15, -0.1) is 0 Å². The van der Waals surface area contributed by atoms with Gasteiger partial charge in [-0.3, -0.25) is 0 Å². The summed E-state index contributed by atoms with van der Waals surface area (Å²) in [7, 11) is -4.38. The zero-order valence-electron chi connectivity index (χ0n) is 19.3. The van der Waals surface area contributed by atoms with Crippen LogP contribution in [0, 0.1) is 0 Å². The summed E-state index contributed by atoms with van der Waals surface area (Å²) in [5.41, 5.74) is 2.43. The molecular formula is C27H37O2PSi. The fourth-order valence-corrected chi connectivity index (χ4v) is 10.0. The molecule has 1 atom stereocenters. The Morgan fingerprint density at radius 3 is 1.97 bits per heavy atom. The minimum absolute atomic E-state index is 0.274. The molecule has 0 spiro atoms. The molecule has 1 aliphatic carbocycles. The second-order valence-corrected chi connectivity index (χ2v) is 16.3. The lowest BCUT2D eigenvalue weighted by molar-refractivity contribution is 0.170. The van der Waals surface area contributed by atoms with Crippen molar-refractivity contribution in [3.8, 4) is 0 Å². The Morgan fingerprint density at radius 1 is 0.968 bits per heavy atom. The van der Waals surface area contributed by atoms with Gasteiger partial charge in [-0.2, -0.15) is 0 Å². The van der Waals surface area contributed by atoms with E-state index >= 15 is 0 Å². The lowest BCUT2D eigenvalue weighted by Gasteiger charge is -2.36. The molecule has 0 saturated heterocycles. The first-order valence-electron chi connectivity index (χ1n) is 11.7. The van der Waals surface area contributed by atoms with Gasteiger partial charge in [-0.05, 0) is 43.0 Å². The molecule has 0 radical (unpaired) electrons. The minimum Gasteiger partial charge on any atom is -0.414 e. The Balaban J connectivity index is 1.86. The van der Waals surface area contributed by atoms with Crippen molar-refractivity contribution in [3.63, 3.8) is 0 Å². The van der Waals surface area contributed by atoms with Gasteiger partial charge in [-0.1, -0.05) is 99.7 Å². The molecule has 1 fully saturated rings. The van der Waals surface area contributed by atoms with Crippen LogP contribution in [-0.2, 0) is 8.99 Å². The van der Waals surface area contributed by atoms with Crippen LogP contribution in [-0.4, -0.2) is 20.6 Å². The van der Waals surface area contributed by atoms with Gasteiger partial charge in [0.1, 0.15) is 7.14 Å². The van der Waals surface area contributed by atoms with Crippen LogP contribution in [0.3, 0.4) is 0 Å².